The SMILES string of the molecule is NS(=O)(=O)c1ccc2cc1CC=C=CCNC(=O)O[C@H]1CC[C@H](C1)c1cnc(nc1)N2. The third-order valence-corrected chi connectivity index (χ3v) is 6.34. The summed E-state index contributed by atoms with van der Waals surface area (Å²) in [5.41, 5.74) is 5.08. The molecule has 3 heterocycles. The largest absolute Gasteiger partial charge is 0.446 e. The molecule has 1 amide bonds. The highest BCUT2D eigenvalue weighted by molar-refractivity contribution is 7.89. The van der Waals surface area contributed by atoms with E-state index in [9.17, 15) is 13.2 Å². The Balaban J connectivity index is 1.66. The molecular formula is C21H23N5O4S. The lowest BCUT2D eigenvalue weighted by Gasteiger charge is -2.13. The van der Waals surface area contributed by atoms with Gasteiger partial charge in [-0.25, -0.2) is 28.3 Å². The molecule has 5 rings (SSSR count). The Kier molecular flexibility index (Phi) is 6.03. The van der Waals surface area contributed by atoms with Gasteiger partial charge in [0, 0.05) is 24.6 Å². The number of carbonyl (C=O) groups is 1. The van der Waals surface area contributed by atoms with Crippen molar-refractivity contribution < 1.29 is 17.9 Å². The maximum Gasteiger partial charge on any atom is 0.407 e. The highest BCUT2D eigenvalue weighted by Crippen LogP contribution is 2.35. The zero-order valence-electron chi connectivity index (χ0n) is 16.7. The molecule has 2 atom stereocenters. The summed E-state index contributed by atoms with van der Waals surface area (Å²) in [6, 6.07) is 4.77. The summed E-state index contributed by atoms with van der Waals surface area (Å²) in [6.45, 7) is 0.254. The number of fused-ring (bicyclic) bond motifs is 7. The van der Waals surface area contributed by atoms with E-state index >= 15 is 0 Å². The Labute approximate surface area is 180 Å². The molecule has 1 aromatic carbocycles. The summed E-state index contributed by atoms with van der Waals surface area (Å²) >= 11 is 0. The van der Waals surface area contributed by atoms with Gasteiger partial charge >= 0.3 is 6.09 Å². The molecule has 2 aromatic rings. The number of nitrogens with one attached hydrogen (secondary N) is 2. The van der Waals surface area contributed by atoms with Crippen LogP contribution in [-0.4, -0.2) is 37.1 Å². The Morgan fingerprint density at radius 2 is 1.97 bits per heavy atom. The number of benzene rings is 1. The van der Waals surface area contributed by atoms with Crippen LogP contribution in [0, 0.1) is 0 Å². The van der Waals surface area contributed by atoms with Gasteiger partial charge in [-0.05, 0) is 73.1 Å². The van der Waals surface area contributed by atoms with Gasteiger partial charge in [-0.15, -0.1) is 5.73 Å². The number of nitrogens with two attached hydrogens (primary N) is 1. The summed E-state index contributed by atoms with van der Waals surface area (Å²) in [6.07, 6.45) is 8.95. The molecule has 0 radical (unpaired) electrons. The van der Waals surface area contributed by atoms with Crippen molar-refractivity contribution in [3.63, 3.8) is 0 Å². The molecule has 4 N–H and O–H groups in total. The van der Waals surface area contributed by atoms with Crippen LogP contribution in [0.25, 0.3) is 0 Å². The van der Waals surface area contributed by atoms with Crippen LogP contribution in [0.1, 0.15) is 36.3 Å². The number of hydrogen-bond donors (Lipinski definition) is 3. The minimum absolute atomic E-state index is 0.0379. The van der Waals surface area contributed by atoms with Crippen LogP contribution in [-0.2, 0) is 21.2 Å². The predicted molar refractivity (Wildman–Crippen MR) is 114 cm³/mol. The Bertz CT molecular complexity index is 1140. The summed E-state index contributed by atoms with van der Waals surface area (Å²) in [5.74, 6) is 0.633. The maximum absolute atomic E-state index is 12.0. The lowest BCUT2D eigenvalue weighted by atomic mass is 10.0. The number of rotatable bonds is 1. The van der Waals surface area contributed by atoms with Gasteiger partial charge in [-0.1, -0.05) is 0 Å². The van der Waals surface area contributed by atoms with Crippen molar-refractivity contribution in [3.8, 4) is 0 Å². The molecule has 2 aliphatic heterocycles. The van der Waals surface area contributed by atoms with E-state index in [1.807, 2.05) is 0 Å². The molecule has 10 heteroatoms. The fourth-order valence-corrected chi connectivity index (χ4v) is 4.59. The van der Waals surface area contributed by atoms with Crippen molar-refractivity contribution in [3.05, 3.63) is 59.6 Å². The first-order chi connectivity index (χ1) is 14.9. The van der Waals surface area contributed by atoms with E-state index in [2.05, 4.69) is 26.3 Å². The Hall–Kier alpha value is -3.20. The molecule has 162 valence electrons. The second-order valence-electron chi connectivity index (χ2n) is 7.53. The summed E-state index contributed by atoms with van der Waals surface area (Å²) in [5, 5.41) is 11.1. The Morgan fingerprint density at radius 1 is 1.16 bits per heavy atom. The zero-order valence-corrected chi connectivity index (χ0v) is 17.6. The van der Waals surface area contributed by atoms with Crippen LogP contribution in [0.3, 0.4) is 0 Å². The number of anilines is 2. The Morgan fingerprint density at radius 3 is 2.74 bits per heavy atom. The number of ether oxygens (including phenoxy) is 1. The topological polar surface area (TPSA) is 136 Å². The molecular weight excluding hydrogens is 418 g/mol. The second-order valence-corrected chi connectivity index (χ2v) is 9.06. The van der Waals surface area contributed by atoms with Crippen molar-refractivity contribution in [2.45, 2.75) is 42.6 Å². The number of amides is 1. The first-order valence-electron chi connectivity index (χ1n) is 9.97. The van der Waals surface area contributed by atoms with E-state index in [-0.39, 0.29) is 29.9 Å². The molecule has 1 aromatic heterocycles. The average Bonchev–Trinajstić information content (AvgIpc) is 3.18. The average molecular weight is 442 g/mol. The molecule has 1 aliphatic carbocycles. The van der Waals surface area contributed by atoms with E-state index < -0.39 is 16.1 Å². The van der Waals surface area contributed by atoms with Crippen molar-refractivity contribution >= 4 is 27.8 Å². The lowest BCUT2D eigenvalue weighted by Crippen LogP contribution is -2.28. The van der Waals surface area contributed by atoms with Crippen LogP contribution >= 0.6 is 0 Å². The van der Waals surface area contributed by atoms with Crippen LogP contribution in [0.2, 0.25) is 0 Å². The van der Waals surface area contributed by atoms with Gasteiger partial charge in [0.1, 0.15) is 6.10 Å². The van der Waals surface area contributed by atoms with Crippen molar-refractivity contribution in [2.75, 3.05) is 11.9 Å². The fraction of sp³-hybridized carbons (Fsp3) is 0.333. The van der Waals surface area contributed by atoms with Crippen LogP contribution < -0.4 is 15.8 Å². The van der Waals surface area contributed by atoms with Gasteiger partial charge in [0.2, 0.25) is 16.0 Å². The van der Waals surface area contributed by atoms with Gasteiger partial charge in [0.05, 0.1) is 4.90 Å². The molecule has 1 saturated carbocycles. The number of alkyl carbamates (subject to hydrolysis) is 1. The van der Waals surface area contributed by atoms with Crippen molar-refractivity contribution in [1.29, 1.82) is 0 Å². The van der Waals surface area contributed by atoms with Crippen LogP contribution in [0.4, 0.5) is 16.4 Å². The summed E-state index contributed by atoms with van der Waals surface area (Å²) in [4.78, 5) is 20.8. The smallest absolute Gasteiger partial charge is 0.407 e. The van der Waals surface area contributed by atoms with E-state index in [0.29, 0.717) is 17.2 Å². The molecule has 0 unspecified atom stereocenters. The number of carbonyl (C=O) groups excluding carboxylic acids is 1. The van der Waals surface area contributed by atoms with Crippen LogP contribution in [0.5, 0.6) is 0 Å². The molecule has 31 heavy (non-hydrogen) atoms. The first kappa shape index (κ1) is 21.0. The lowest BCUT2D eigenvalue weighted by molar-refractivity contribution is 0.101. The molecule has 3 aliphatic rings. The van der Waals surface area contributed by atoms with Crippen LogP contribution in [0.15, 0.2) is 53.4 Å². The normalized spacial score (nSPS) is 21.4. The van der Waals surface area contributed by atoms with E-state index in [1.54, 1.807) is 36.7 Å². The second kappa shape index (κ2) is 8.89. The standard InChI is InChI=1S/C21H23N5O4S/c22-31(28,29)19-8-6-17-10-15(19)4-2-1-3-9-23-21(27)30-18-7-5-14(11-18)16-12-24-20(26-17)25-13-16/h2-3,6,8,10,12-14,18H,4-5,7,9,11H2,(H,23,27)(H2,22,28,29)(H,24,25,26)/t1?,14-,18+/m1/s1. The van der Waals surface area contributed by atoms with Crippen molar-refractivity contribution in [1.82, 2.24) is 15.3 Å². The highest BCUT2D eigenvalue weighted by Gasteiger charge is 2.29. The molecule has 1 fully saturated rings. The molecule has 0 saturated heterocycles. The van der Waals surface area contributed by atoms with E-state index in [4.69, 9.17) is 9.88 Å². The zero-order chi connectivity index (χ0) is 21.8. The minimum Gasteiger partial charge on any atom is -0.446 e. The van der Waals surface area contributed by atoms with Gasteiger partial charge < -0.3 is 15.4 Å². The number of sulfonamides is 1. The van der Waals surface area contributed by atoms with Gasteiger partial charge in [-0.3, -0.25) is 0 Å². The first-order valence-corrected chi connectivity index (χ1v) is 11.5. The highest BCUT2D eigenvalue weighted by atomic mass is 32.2. The maximum atomic E-state index is 12.0. The monoisotopic (exact) mass is 441 g/mol. The number of hydrogen-bond acceptors (Lipinski definition) is 7. The third-order valence-electron chi connectivity index (χ3n) is 5.33. The van der Waals surface area contributed by atoms with Gasteiger partial charge in [0.25, 0.3) is 0 Å². The van der Waals surface area contributed by atoms with Gasteiger partial charge in [0.15, 0.2) is 0 Å². The molecule has 6 bridgehead atoms. The number of primary sulfonamides is 1. The third kappa shape index (κ3) is 5.29. The van der Waals surface area contributed by atoms with E-state index in [1.165, 1.54) is 6.07 Å². The van der Waals surface area contributed by atoms with Gasteiger partial charge in [-0.2, -0.15) is 0 Å². The van der Waals surface area contributed by atoms with Crippen molar-refractivity contribution in [2.24, 2.45) is 5.14 Å². The minimum atomic E-state index is -3.88. The van der Waals surface area contributed by atoms with E-state index in [0.717, 1.165) is 24.8 Å². The number of nitrogens with zero attached hydrogens (tertiary/aromatic N) is 2. The summed E-state index contributed by atoms with van der Waals surface area (Å²) in [7, 11) is -3.88. The number of aromatic nitrogens is 2. The predicted octanol–water partition coefficient (Wildman–Crippen LogP) is 2.50. The quantitative estimate of drug-likeness (QED) is 0.578. The molecule has 0 spiro atoms. The fourth-order valence-electron chi connectivity index (χ4n) is 3.83. The summed E-state index contributed by atoms with van der Waals surface area (Å²) < 4.78 is 29.4. The molecule has 9 nitrogen and oxygen atoms in total.